The molecule has 1 heterocycles. The maximum atomic E-state index is 13.2. The fourth-order valence-electron chi connectivity index (χ4n) is 1.79. The number of carbonyl (C=O) groups is 1. The van der Waals surface area contributed by atoms with E-state index < -0.39 is 18.3 Å². The maximum absolute atomic E-state index is 13.2. The molecule has 0 radical (unpaired) electrons. The van der Waals surface area contributed by atoms with Crippen molar-refractivity contribution in [2.75, 3.05) is 7.11 Å². The first-order valence-electron chi connectivity index (χ1n) is 5.75. The highest BCUT2D eigenvalue weighted by Gasteiger charge is 2.38. The number of alkyl halides is 2. The fraction of sp³-hybridized carbons (Fsp3) is 0.333. The van der Waals surface area contributed by atoms with E-state index in [2.05, 4.69) is 4.98 Å². The first-order chi connectivity index (χ1) is 9.47. The molecule has 0 spiro atoms. The van der Waals surface area contributed by atoms with Crippen LogP contribution in [-0.2, 0) is 11.3 Å². The van der Waals surface area contributed by atoms with E-state index >= 15 is 0 Å². The molecule has 1 aromatic carbocycles. The summed E-state index contributed by atoms with van der Waals surface area (Å²) in [6.45, 7) is -0.177. The number of amides is 1. The smallest absolute Gasteiger partial charge is 0.328 e. The van der Waals surface area contributed by atoms with Gasteiger partial charge in [0.25, 0.3) is 0 Å². The van der Waals surface area contributed by atoms with Crippen LogP contribution in [0.25, 0.3) is 11.0 Å². The summed E-state index contributed by atoms with van der Waals surface area (Å²) >= 11 is 0. The van der Waals surface area contributed by atoms with Crippen LogP contribution in [0.4, 0.5) is 13.3 Å². The van der Waals surface area contributed by atoms with Crippen LogP contribution in [-0.4, -0.2) is 28.5 Å². The van der Waals surface area contributed by atoms with E-state index in [0.717, 1.165) is 0 Å². The van der Waals surface area contributed by atoms with Crippen molar-refractivity contribution >= 4 is 16.9 Å². The lowest BCUT2D eigenvalue weighted by molar-refractivity contribution is -0.151. The third-order valence-corrected chi connectivity index (χ3v) is 2.91. The monoisotopic (exact) mass is 287 g/mol. The number of methoxy groups -OCH3 is 1. The lowest BCUT2D eigenvalue weighted by Gasteiger charge is -2.13. The first kappa shape index (κ1) is 14.2. The van der Waals surface area contributed by atoms with Gasteiger partial charge in [0.1, 0.15) is 5.75 Å². The van der Waals surface area contributed by atoms with Crippen molar-refractivity contribution in [3.05, 3.63) is 24.5 Å². The number of halogens is 3. The van der Waals surface area contributed by atoms with Crippen LogP contribution in [0.2, 0.25) is 0 Å². The number of aromatic nitrogens is 2. The number of hydrogen-bond acceptors (Lipinski definition) is 3. The molecule has 0 atom stereocenters. The summed E-state index contributed by atoms with van der Waals surface area (Å²) in [5.74, 6) is -5.16. The van der Waals surface area contributed by atoms with Gasteiger partial charge in [0.15, 0.2) is 0 Å². The highest BCUT2D eigenvalue weighted by Crippen LogP contribution is 2.23. The van der Waals surface area contributed by atoms with E-state index in [0.29, 0.717) is 22.3 Å². The average molecular weight is 287 g/mol. The molecule has 108 valence electrons. The molecule has 0 aliphatic heterocycles. The molecule has 0 saturated carbocycles. The molecule has 0 unspecified atom stereocenters. The summed E-state index contributed by atoms with van der Waals surface area (Å²) in [5.41, 5.74) is 1.67. The first-order valence-corrected chi connectivity index (χ1v) is 5.75. The van der Waals surface area contributed by atoms with Crippen molar-refractivity contribution in [3.8, 4) is 5.75 Å². The second kappa shape index (κ2) is 5.40. The van der Waals surface area contributed by atoms with Crippen LogP contribution < -0.4 is 10.3 Å². The summed E-state index contributed by atoms with van der Waals surface area (Å²) in [6, 6.07) is 5.04. The Morgan fingerprint density at radius 1 is 1.50 bits per heavy atom. The largest absolute Gasteiger partial charge is 0.497 e. The van der Waals surface area contributed by atoms with Crippen LogP contribution >= 0.6 is 0 Å². The number of rotatable bonds is 5. The van der Waals surface area contributed by atoms with Gasteiger partial charge in [0.2, 0.25) is 0 Å². The molecule has 2 rings (SSSR count). The zero-order chi connectivity index (χ0) is 14.8. The molecule has 1 amide bonds. The van der Waals surface area contributed by atoms with Crippen molar-refractivity contribution in [2.24, 2.45) is 0 Å². The van der Waals surface area contributed by atoms with Crippen molar-refractivity contribution in [1.82, 2.24) is 15.1 Å². The third-order valence-electron chi connectivity index (χ3n) is 2.91. The molecule has 1 N–H and O–H groups in total. The third kappa shape index (κ3) is 2.68. The summed E-state index contributed by atoms with van der Waals surface area (Å²) in [4.78, 5) is 14.7. The zero-order valence-electron chi connectivity index (χ0n) is 10.6. The molecule has 0 bridgehead atoms. The van der Waals surface area contributed by atoms with Crippen LogP contribution in [0.3, 0.4) is 0 Å². The Balaban J connectivity index is 2.20. The molecule has 20 heavy (non-hydrogen) atoms. The topological polar surface area (TPSA) is 56.2 Å². The summed E-state index contributed by atoms with van der Waals surface area (Å²) in [5, 5.41) is 0. The van der Waals surface area contributed by atoms with Crippen LogP contribution in [0.1, 0.15) is 6.42 Å². The van der Waals surface area contributed by atoms with Crippen molar-refractivity contribution in [2.45, 2.75) is 18.9 Å². The maximum Gasteiger partial charge on any atom is 0.328 e. The summed E-state index contributed by atoms with van der Waals surface area (Å²) < 4.78 is 44.8. The number of hydrogen-bond donors (Lipinski definition) is 1. The van der Waals surface area contributed by atoms with E-state index in [-0.39, 0.29) is 6.54 Å². The molecular weight excluding hydrogens is 275 g/mol. The van der Waals surface area contributed by atoms with Crippen LogP contribution in [0.5, 0.6) is 5.75 Å². The van der Waals surface area contributed by atoms with Gasteiger partial charge in [-0.15, -0.1) is 4.48 Å². The Bertz CT molecular complexity index is 627. The standard InChI is InChI=1S/C12H12F3N3O2/c1-20-8-2-3-9-10(6-8)18(7-16-9)5-4-12(13,14)11(19)17-15/h2-3,6-7H,4-5H2,1H3,(H,17,19). The van der Waals surface area contributed by atoms with Gasteiger partial charge in [0.05, 0.1) is 24.5 Å². The van der Waals surface area contributed by atoms with Crippen LogP contribution in [0, 0.1) is 0 Å². The van der Waals surface area contributed by atoms with Crippen molar-refractivity contribution < 1.29 is 22.8 Å². The number of ether oxygens (including phenoxy) is 1. The van der Waals surface area contributed by atoms with Gasteiger partial charge in [-0.2, -0.15) is 14.3 Å². The second-order valence-electron chi connectivity index (χ2n) is 4.17. The number of carbonyl (C=O) groups excluding carboxylic acids is 1. The van der Waals surface area contributed by atoms with Gasteiger partial charge in [0, 0.05) is 19.0 Å². The second-order valence-corrected chi connectivity index (χ2v) is 4.17. The molecule has 8 heteroatoms. The molecule has 5 nitrogen and oxygen atoms in total. The van der Waals surface area contributed by atoms with Gasteiger partial charge < -0.3 is 9.30 Å². The number of imidazole rings is 1. The summed E-state index contributed by atoms with van der Waals surface area (Å²) in [7, 11) is 1.49. The Kier molecular flexibility index (Phi) is 3.82. The minimum atomic E-state index is -3.77. The molecule has 0 saturated heterocycles. The Morgan fingerprint density at radius 2 is 2.25 bits per heavy atom. The molecule has 0 aliphatic rings. The number of fused-ring (bicyclic) bond motifs is 1. The lowest BCUT2D eigenvalue weighted by atomic mass is 10.2. The quantitative estimate of drug-likeness (QED) is 0.856. The van der Waals surface area contributed by atoms with Gasteiger partial charge in [-0.25, -0.2) is 4.98 Å². The molecule has 0 fully saturated rings. The van der Waals surface area contributed by atoms with E-state index in [9.17, 15) is 18.1 Å². The van der Waals surface area contributed by atoms with Gasteiger partial charge >= 0.3 is 11.8 Å². The van der Waals surface area contributed by atoms with E-state index in [1.165, 1.54) is 18.0 Å². The predicted molar refractivity (Wildman–Crippen MR) is 65.1 cm³/mol. The van der Waals surface area contributed by atoms with Gasteiger partial charge in [-0.05, 0) is 12.1 Å². The Labute approximate surface area is 112 Å². The SMILES string of the molecule is COc1ccc2ncn(CCC(F)(F)C(=O)NF)c2c1. The minimum Gasteiger partial charge on any atom is -0.497 e. The van der Waals surface area contributed by atoms with E-state index in [1.807, 2.05) is 0 Å². The van der Waals surface area contributed by atoms with E-state index in [1.54, 1.807) is 18.2 Å². The number of nitrogens with zero attached hydrogens (tertiary/aromatic N) is 2. The molecular formula is C12H12F3N3O2. The Morgan fingerprint density at radius 3 is 2.90 bits per heavy atom. The van der Waals surface area contributed by atoms with Gasteiger partial charge in [-0.1, -0.05) is 0 Å². The normalized spacial score (nSPS) is 11.6. The zero-order valence-corrected chi connectivity index (χ0v) is 10.6. The van der Waals surface area contributed by atoms with Crippen molar-refractivity contribution in [3.63, 3.8) is 0 Å². The highest BCUT2D eigenvalue weighted by atomic mass is 19.3. The lowest BCUT2D eigenvalue weighted by Crippen LogP contribution is -2.37. The number of aryl methyl sites for hydroxylation is 1. The summed E-state index contributed by atoms with van der Waals surface area (Å²) in [6.07, 6.45) is 0.555. The molecule has 2 aromatic rings. The van der Waals surface area contributed by atoms with E-state index in [4.69, 9.17) is 4.74 Å². The molecule has 0 aliphatic carbocycles. The number of nitrogens with one attached hydrogen (secondary N) is 1. The van der Waals surface area contributed by atoms with Crippen LogP contribution in [0.15, 0.2) is 24.5 Å². The number of benzene rings is 1. The average Bonchev–Trinajstić information content (AvgIpc) is 2.86. The Hall–Kier alpha value is -2.25. The minimum absolute atomic E-state index is 0.177. The predicted octanol–water partition coefficient (Wildman–Crippen LogP) is 2.07. The fourth-order valence-corrected chi connectivity index (χ4v) is 1.79. The van der Waals surface area contributed by atoms with Gasteiger partial charge in [-0.3, -0.25) is 4.79 Å². The highest BCUT2D eigenvalue weighted by molar-refractivity contribution is 5.82. The molecule has 1 aromatic heterocycles. The van der Waals surface area contributed by atoms with Crippen molar-refractivity contribution in [1.29, 1.82) is 0 Å².